The monoisotopic (exact) mass is 321 g/mol. The first-order chi connectivity index (χ1) is 11.0. The second-order valence-corrected chi connectivity index (χ2v) is 5.17. The molecule has 1 heterocycles. The maximum absolute atomic E-state index is 12.2. The summed E-state index contributed by atoms with van der Waals surface area (Å²) >= 11 is 0. The second-order valence-electron chi connectivity index (χ2n) is 5.17. The smallest absolute Gasteiger partial charge is 0.407 e. The molecule has 2 amide bonds. The lowest BCUT2D eigenvalue weighted by atomic mass is 10.2. The average molecular weight is 321 g/mol. The number of carbonyl (C=O) groups excluding carboxylic acids is 2. The molecule has 124 valence electrons. The summed E-state index contributed by atoms with van der Waals surface area (Å²) in [4.78, 5) is 37.4. The fourth-order valence-corrected chi connectivity index (χ4v) is 2.23. The number of nitrogens with zero attached hydrogens (tertiary/aromatic N) is 2. The number of amides is 2. The van der Waals surface area contributed by atoms with Gasteiger partial charge in [0.1, 0.15) is 6.61 Å². The van der Waals surface area contributed by atoms with Crippen molar-refractivity contribution in [1.82, 2.24) is 9.80 Å². The fourth-order valence-electron chi connectivity index (χ4n) is 2.23. The Labute approximate surface area is 133 Å². The number of benzene rings is 1. The SMILES string of the molecule is NC(C(=O)OCc1ccccc1)C(=O)N1CCN(C(=O)O)CC1. The van der Waals surface area contributed by atoms with Gasteiger partial charge in [-0.1, -0.05) is 30.3 Å². The maximum atomic E-state index is 12.2. The van der Waals surface area contributed by atoms with Crippen LogP contribution < -0.4 is 5.73 Å². The molecule has 2 rings (SSSR count). The predicted octanol–water partition coefficient (Wildman–Crippen LogP) is -0.121. The Morgan fingerprint density at radius 1 is 1.09 bits per heavy atom. The Hall–Kier alpha value is -2.61. The van der Waals surface area contributed by atoms with E-state index in [1.54, 1.807) is 12.1 Å². The Morgan fingerprint density at radius 2 is 1.65 bits per heavy atom. The summed E-state index contributed by atoms with van der Waals surface area (Å²) in [7, 11) is 0. The van der Waals surface area contributed by atoms with E-state index in [0.717, 1.165) is 5.56 Å². The van der Waals surface area contributed by atoms with Crippen LogP contribution in [-0.2, 0) is 20.9 Å². The van der Waals surface area contributed by atoms with Crippen LogP contribution in [-0.4, -0.2) is 65.1 Å². The molecule has 1 aliphatic heterocycles. The Kier molecular flexibility index (Phi) is 5.53. The van der Waals surface area contributed by atoms with Crippen LogP contribution in [0.4, 0.5) is 4.79 Å². The zero-order valence-corrected chi connectivity index (χ0v) is 12.6. The van der Waals surface area contributed by atoms with Crippen molar-refractivity contribution in [2.24, 2.45) is 5.73 Å². The van der Waals surface area contributed by atoms with E-state index in [4.69, 9.17) is 15.6 Å². The van der Waals surface area contributed by atoms with Gasteiger partial charge in [-0.15, -0.1) is 0 Å². The standard InChI is InChI=1S/C15H19N3O5/c16-12(14(20)23-10-11-4-2-1-3-5-11)13(19)17-6-8-18(9-7-17)15(21)22/h1-5,12H,6-10,16H2,(H,21,22). The number of ether oxygens (including phenoxy) is 1. The Morgan fingerprint density at radius 3 is 2.22 bits per heavy atom. The van der Waals surface area contributed by atoms with E-state index >= 15 is 0 Å². The van der Waals surface area contributed by atoms with Crippen LogP contribution in [0.5, 0.6) is 0 Å². The molecule has 8 nitrogen and oxygen atoms in total. The second kappa shape index (κ2) is 7.59. The third-order valence-electron chi connectivity index (χ3n) is 3.61. The molecule has 0 bridgehead atoms. The van der Waals surface area contributed by atoms with Crippen molar-refractivity contribution in [3.8, 4) is 0 Å². The molecule has 1 aromatic carbocycles. The summed E-state index contributed by atoms with van der Waals surface area (Å²) in [5.41, 5.74) is 6.46. The number of hydrogen-bond acceptors (Lipinski definition) is 5. The van der Waals surface area contributed by atoms with Gasteiger partial charge in [-0.3, -0.25) is 4.79 Å². The number of hydrogen-bond donors (Lipinski definition) is 2. The molecule has 8 heteroatoms. The molecular formula is C15H19N3O5. The van der Waals surface area contributed by atoms with Crippen LogP contribution in [0.15, 0.2) is 30.3 Å². The van der Waals surface area contributed by atoms with Crippen molar-refractivity contribution in [1.29, 1.82) is 0 Å². The number of carboxylic acid groups (broad SMARTS) is 1. The van der Waals surface area contributed by atoms with Crippen LogP contribution in [0.25, 0.3) is 0 Å². The molecule has 1 saturated heterocycles. The third kappa shape index (κ3) is 4.43. The highest BCUT2D eigenvalue weighted by atomic mass is 16.5. The highest BCUT2D eigenvalue weighted by Crippen LogP contribution is 2.06. The van der Waals surface area contributed by atoms with E-state index in [9.17, 15) is 14.4 Å². The molecule has 1 unspecified atom stereocenters. The van der Waals surface area contributed by atoms with Crippen LogP contribution in [0, 0.1) is 0 Å². The summed E-state index contributed by atoms with van der Waals surface area (Å²) in [6.07, 6.45) is -1.02. The van der Waals surface area contributed by atoms with Crippen molar-refractivity contribution in [3.05, 3.63) is 35.9 Å². The summed E-state index contributed by atoms with van der Waals surface area (Å²) in [6, 6.07) is 7.68. The van der Waals surface area contributed by atoms with E-state index in [0.29, 0.717) is 0 Å². The molecule has 0 saturated carbocycles. The van der Waals surface area contributed by atoms with Crippen LogP contribution in [0.1, 0.15) is 5.56 Å². The van der Waals surface area contributed by atoms with Gasteiger partial charge in [0.2, 0.25) is 0 Å². The molecule has 1 fully saturated rings. The highest BCUT2D eigenvalue weighted by Gasteiger charge is 2.31. The minimum atomic E-state index is -1.39. The van der Waals surface area contributed by atoms with E-state index < -0.39 is 24.0 Å². The largest absolute Gasteiger partial charge is 0.465 e. The number of nitrogens with two attached hydrogens (primary N) is 1. The van der Waals surface area contributed by atoms with E-state index in [1.807, 2.05) is 18.2 Å². The minimum Gasteiger partial charge on any atom is -0.465 e. The van der Waals surface area contributed by atoms with E-state index in [1.165, 1.54) is 9.80 Å². The van der Waals surface area contributed by atoms with Crippen molar-refractivity contribution in [2.45, 2.75) is 12.6 Å². The number of piperazine rings is 1. The zero-order valence-electron chi connectivity index (χ0n) is 12.6. The summed E-state index contributed by atoms with van der Waals surface area (Å²) < 4.78 is 5.05. The predicted molar refractivity (Wildman–Crippen MR) is 80.4 cm³/mol. The van der Waals surface area contributed by atoms with Crippen molar-refractivity contribution < 1.29 is 24.2 Å². The highest BCUT2D eigenvalue weighted by molar-refractivity contribution is 6.01. The molecule has 0 aromatic heterocycles. The molecule has 3 N–H and O–H groups in total. The topological polar surface area (TPSA) is 113 Å². The molecule has 0 aliphatic carbocycles. The number of carbonyl (C=O) groups is 3. The normalized spacial score (nSPS) is 15.9. The first kappa shape index (κ1) is 16.8. The Balaban J connectivity index is 1.82. The summed E-state index contributed by atoms with van der Waals surface area (Å²) in [5, 5.41) is 8.86. The van der Waals surface area contributed by atoms with Gasteiger partial charge in [0.05, 0.1) is 0 Å². The third-order valence-corrected chi connectivity index (χ3v) is 3.61. The van der Waals surface area contributed by atoms with Crippen molar-refractivity contribution in [2.75, 3.05) is 26.2 Å². The Bertz CT molecular complexity index is 570. The van der Waals surface area contributed by atoms with Gasteiger partial charge in [0.15, 0.2) is 6.04 Å². The molecule has 1 aromatic rings. The summed E-state index contributed by atoms with van der Waals surface area (Å²) in [5.74, 6) is -1.34. The molecule has 23 heavy (non-hydrogen) atoms. The van der Waals surface area contributed by atoms with Crippen LogP contribution in [0.2, 0.25) is 0 Å². The fraction of sp³-hybridized carbons (Fsp3) is 0.400. The molecule has 0 radical (unpaired) electrons. The zero-order chi connectivity index (χ0) is 16.8. The van der Waals surface area contributed by atoms with Gasteiger partial charge < -0.3 is 25.4 Å². The number of esters is 1. The lowest BCUT2D eigenvalue weighted by Crippen LogP contribution is -2.56. The maximum Gasteiger partial charge on any atom is 0.407 e. The lowest BCUT2D eigenvalue weighted by Gasteiger charge is -2.34. The van der Waals surface area contributed by atoms with Gasteiger partial charge in [-0.2, -0.15) is 0 Å². The summed E-state index contributed by atoms with van der Waals surface area (Å²) in [6.45, 7) is 0.878. The average Bonchev–Trinajstić information content (AvgIpc) is 2.59. The van der Waals surface area contributed by atoms with Crippen LogP contribution in [0.3, 0.4) is 0 Å². The van der Waals surface area contributed by atoms with Crippen molar-refractivity contribution in [3.63, 3.8) is 0 Å². The molecular weight excluding hydrogens is 302 g/mol. The quantitative estimate of drug-likeness (QED) is 0.590. The van der Waals surface area contributed by atoms with E-state index in [2.05, 4.69) is 0 Å². The van der Waals surface area contributed by atoms with Gasteiger partial charge >= 0.3 is 12.1 Å². The van der Waals surface area contributed by atoms with Gasteiger partial charge in [0.25, 0.3) is 5.91 Å². The van der Waals surface area contributed by atoms with Gasteiger partial charge in [0, 0.05) is 26.2 Å². The lowest BCUT2D eigenvalue weighted by molar-refractivity contribution is -0.152. The van der Waals surface area contributed by atoms with Crippen LogP contribution >= 0.6 is 0 Å². The molecule has 1 aliphatic rings. The number of rotatable bonds is 4. The van der Waals surface area contributed by atoms with E-state index in [-0.39, 0.29) is 32.8 Å². The molecule has 0 spiro atoms. The molecule has 1 atom stereocenters. The van der Waals surface area contributed by atoms with Gasteiger partial charge in [-0.05, 0) is 5.56 Å². The first-order valence-electron chi connectivity index (χ1n) is 7.22. The minimum absolute atomic E-state index is 0.0491. The van der Waals surface area contributed by atoms with Gasteiger partial charge in [-0.25, -0.2) is 9.59 Å². The first-order valence-corrected chi connectivity index (χ1v) is 7.22. The van der Waals surface area contributed by atoms with Crippen molar-refractivity contribution >= 4 is 18.0 Å².